The molecule has 0 aromatic rings. The highest BCUT2D eigenvalue weighted by Crippen LogP contribution is 2.24. The van der Waals surface area contributed by atoms with Crippen LogP contribution in [-0.4, -0.2) is 0 Å². The number of rotatable bonds is 0. The molecule has 0 unspecified atom stereocenters. The van der Waals surface area contributed by atoms with Crippen LogP contribution in [0, 0.1) is 5.41 Å². The van der Waals surface area contributed by atoms with Crippen molar-refractivity contribution in [2.45, 2.75) is 27.7 Å². The minimum Gasteiger partial charge on any atom is -0.386 e. The molecule has 4 N–H and O–H groups in total. The summed E-state index contributed by atoms with van der Waals surface area (Å²) in [4.78, 5) is 0. The van der Waals surface area contributed by atoms with Crippen LogP contribution in [0.3, 0.4) is 0 Å². The van der Waals surface area contributed by atoms with Gasteiger partial charge in [-0.25, -0.2) is 0 Å². The molecule has 0 atom stereocenters. The average Bonchev–Trinajstić information content (AvgIpc) is 1.62. The van der Waals surface area contributed by atoms with E-state index >= 15 is 0 Å². The maximum absolute atomic E-state index is 5.38. The van der Waals surface area contributed by atoms with Gasteiger partial charge < -0.3 is 11.5 Å². The highest BCUT2D eigenvalue weighted by Gasteiger charge is 2.13. The van der Waals surface area contributed by atoms with Crippen molar-refractivity contribution in [3.05, 3.63) is 11.4 Å². The summed E-state index contributed by atoms with van der Waals surface area (Å²) < 4.78 is 0. The molecule has 0 heterocycles. The Labute approximate surface area is 56.9 Å². The van der Waals surface area contributed by atoms with E-state index in [1.807, 2.05) is 6.92 Å². The number of nitrogens with two attached hydrogens (primary N) is 2. The zero-order valence-electron chi connectivity index (χ0n) is 6.65. The van der Waals surface area contributed by atoms with Gasteiger partial charge in [0.05, 0.1) is 5.82 Å². The standard InChI is InChI=1S/C7H16N2/c1-5(6(8)9)7(2,3)4/h8-9H2,1-4H3. The Hall–Kier alpha value is -0.660. The van der Waals surface area contributed by atoms with Crippen LogP contribution in [0.15, 0.2) is 11.4 Å². The lowest BCUT2D eigenvalue weighted by molar-refractivity contribution is 0.497. The fraction of sp³-hybridized carbons (Fsp3) is 0.714. The van der Waals surface area contributed by atoms with Crippen LogP contribution in [0.4, 0.5) is 0 Å². The lowest BCUT2D eigenvalue weighted by atomic mass is 9.88. The molecule has 0 rings (SSSR count). The van der Waals surface area contributed by atoms with Gasteiger partial charge in [-0.15, -0.1) is 0 Å². The van der Waals surface area contributed by atoms with E-state index in [-0.39, 0.29) is 5.41 Å². The maximum Gasteiger partial charge on any atom is 0.0927 e. The van der Waals surface area contributed by atoms with Gasteiger partial charge in [0.15, 0.2) is 0 Å². The van der Waals surface area contributed by atoms with Crippen molar-refractivity contribution in [2.24, 2.45) is 16.9 Å². The number of hydrogen-bond donors (Lipinski definition) is 2. The molecule has 9 heavy (non-hydrogen) atoms. The third-order valence-electron chi connectivity index (χ3n) is 1.56. The van der Waals surface area contributed by atoms with Gasteiger partial charge in [0, 0.05) is 0 Å². The van der Waals surface area contributed by atoms with Crippen LogP contribution in [-0.2, 0) is 0 Å². The van der Waals surface area contributed by atoms with Gasteiger partial charge in [0.2, 0.25) is 0 Å². The van der Waals surface area contributed by atoms with E-state index in [0.29, 0.717) is 5.82 Å². The first kappa shape index (κ1) is 8.34. The zero-order valence-corrected chi connectivity index (χ0v) is 6.65. The first-order valence-corrected chi connectivity index (χ1v) is 3.08. The van der Waals surface area contributed by atoms with Gasteiger partial charge in [0.1, 0.15) is 0 Å². The van der Waals surface area contributed by atoms with Crippen LogP contribution in [0.25, 0.3) is 0 Å². The second kappa shape index (κ2) is 2.29. The molecular weight excluding hydrogens is 112 g/mol. The minimum absolute atomic E-state index is 0.110. The molecular formula is C7H16N2. The number of hydrogen-bond acceptors (Lipinski definition) is 2. The zero-order chi connectivity index (χ0) is 7.65. The van der Waals surface area contributed by atoms with Crippen LogP contribution >= 0.6 is 0 Å². The molecule has 0 spiro atoms. The van der Waals surface area contributed by atoms with Crippen LogP contribution in [0.1, 0.15) is 27.7 Å². The highest BCUT2D eigenvalue weighted by atomic mass is 14.8. The van der Waals surface area contributed by atoms with E-state index in [9.17, 15) is 0 Å². The molecule has 54 valence electrons. The summed E-state index contributed by atoms with van der Waals surface area (Å²) in [6, 6.07) is 0. The largest absolute Gasteiger partial charge is 0.386 e. The Morgan fingerprint density at radius 3 is 1.44 bits per heavy atom. The first-order chi connectivity index (χ1) is 3.85. The minimum atomic E-state index is 0.110. The second-order valence-corrected chi connectivity index (χ2v) is 3.33. The fourth-order valence-electron chi connectivity index (χ4n) is 0.433. The van der Waals surface area contributed by atoms with Crippen LogP contribution < -0.4 is 11.5 Å². The molecule has 0 radical (unpaired) electrons. The van der Waals surface area contributed by atoms with Gasteiger partial charge in [-0.1, -0.05) is 20.8 Å². The molecule has 0 saturated heterocycles. The van der Waals surface area contributed by atoms with E-state index in [4.69, 9.17) is 11.5 Å². The topological polar surface area (TPSA) is 52.0 Å². The second-order valence-electron chi connectivity index (χ2n) is 3.33. The Morgan fingerprint density at radius 1 is 1.11 bits per heavy atom. The van der Waals surface area contributed by atoms with Crippen molar-refractivity contribution < 1.29 is 0 Å². The van der Waals surface area contributed by atoms with Crippen molar-refractivity contribution in [3.63, 3.8) is 0 Å². The monoisotopic (exact) mass is 128 g/mol. The molecule has 2 heteroatoms. The molecule has 2 nitrogen and oxygen atoms in total. The molecule has 0 aliphatic carbocycles. The summed E-state index contributed by atoms with van der Waals surface area (Å²) in [5.41, 5.74) is 11.9. The highest BCUT2D eigenvalue weighted by molar-refractivity contribution is 5.11. The van der Waals surface area contributed by atoms with Crippen molar-refractivity contribution in [2.75, 3.05) is 0 Å². The van der Waals surface area contributed by atoms with Gasteiger partial charge in [-0.05, 0) is 17.9 Å². The fourth-order valence-corrected chi connectivity index (χ4v) is 0.433. The summed E-state index contributed by atoms with van der Waals surface area (Å²) in [5.74, 6) is 0.447. The maximum atomic E-state index is 5.38. The molecule has 0 bridgehead atoms. The van der Waals surface area contributed by atoms with E-state index in [1.54, 1.807) is 0 Å². The lowest BCUT2D eigenvalue weighted by Gasteiger charge is -2.19. The van der Waals surface area contributed by atoms with Gasteiger partial charge in [-0.3, -0.25) is 0 Å². The lowest BCUT2D eigenvalue weighted by Crippen LogP contribution is -2.18. The Kier molecular flexibility index (Phi) is 2.13. The Bertz CT molecular complexity index is 124. The summed E-state index contributed by atoms with van der Waals surface area (Å²) in [6.07, 6.45) is 0. The van der Waals surface area contributed by atoms with E-state index < -0.39 is 0 Å². The SMILES string of the molecule is CC(=C(N)N)C(C)(C)C. The first-order valence-electron chi connectivity index (χ1n) is 3.08. The van der Waals surface area contributed by atoms with Crippen LogP contribution in [0.5, 0.6) is 0 Å². The smallest absolute Gasteiger partial charge is 0.0927 e. The summed E-state index contributed by atoms with van der Waals surface area (Å²) >= 11 is 0. The average molecular weight is 128 g/mol. The Morgan fingerprint density at radius 2 is 1.44 bits per heavy atom. The molecule has 0 aromatic carbocycles. The van der Waals surface area contributed by atoms with Gasteiger partial charge in [0.25, 0.3) is 0 Å². The third-order valence-corrected chi connectivity index (χ3v) is 1.56. The third kappa shape index (κ3) is 2.40. The van der Waals surface area contributed by atoms with Crippen LogP contribution in [0.2, 0.25) is 0 Å². The van der Waals surface area contributed by atoms with Gasteiger partial charge in [-0.2, -0.15) is 0 Å². The van der Waals surface area contributed by atoms with E-state index in [1.165, 1.54) is 0 Å². The molecule has 0 fully saturated rings. The summed E-state index contributed by atoms with van der Waals surface area (Å²) in [7, 11) is 0. The molecule has 0 amide bonds. The Balaban J connectivity index is 4.40. The van der Waals surface area contributed by atoms with E-state index in [2.05, 4.69) is 20.8 Å². The van der Waals surface area contributed by atoms with Crippen molar-refractivity contribution in [3.8, 4) is 0 Å². The molecule has 0 aliphatic rings. The predicted molar refractivity (Wildman–Crippen MR) is 40.5 cm³/mol. The van der Waals surface area contributed by atoms with E-state index in [0.717, 1.165) is 5.57 Å². The van der Waals surface area contributed by atoms with Gasteiger partial charge >= 0.3 is 0 Å². The predicted octanol–water partition coefficient (Wildman–Crippen LogP) is 1.18. The molecule has 0 aliphatic heterocycles. The summed E-state index contributed by atoms with van der Waals surface area (Å²) in [5, 5.41) is 0. The quantitative estimate of drug-likeness (QED) is 0.514. The molecule has 0 aromatic heterocycles. The number of allylic oxidation sites excluding steroid dienone is 1. The normalized spacial score (nSPS) is 11.1. The van der Waals surface area contributed by atoms with Crippen molar-refractivity contribution >= 4 is 0 Å². The molecule has 0 saturated carbocycles. The summed E-state index contributed by atoms with van der Waals surface area (Å²) in [6.45, 7) is 8.21. The van der Waals surface area contributed by atoms with Crippen molar-refractivity contribution in [1.82, 2.24) is 0 Å². The van der Waals surface area contributed by atoms with Crippen molar-refractivity contribution in [1.29, 1.82) is 0 Å².